The first-order valence-electron chi connectivity index (χ1n) is 5.86. The standard InChI is InChI=1S/C13H20O4/c1-3-16-13(17-4-2)12(15)9-10-5-7-11(14)8-6-10/h5-8,12-15H,3-4,9H2,1-2H3. The number of benzene rings is 1. The Balaban J connectivity index is 2.55. The van der Waals surface area contributed by atoms with Gasteiger partial charge in [-0.2, -0.15) is 0 Å². The van der Waals surface area contributed by atoms with E-state index in [2.05, 4.69) is 0 Å². The zero-order valence-electron chi connectivity index (χ0n) is 10.3. The largest absolute Gasteiger partial charge is 0.508 e. The molecule has 0 spiro atoms. The van der Waals surface area contributed by atoms with E-state index in [1.165, 1.54) is 0 Å². The van der Waals surface area contributed by atoms with Gasteiger partial charge in [-0.3, -0.25) is 0 Å². The Labute approximate surface area is 102 Å². The summed E-state index contributed by atoms with van der Waals surface area (Å²) < 4.78 is 10.6. The van der Waals surface area contributed by atoms with E-state index < -0.39 is 12.4 Å². The van der Waals surface area contributed by atoms with Gasteiger partial charge in [0, 0.05) is 19.6 Å². The molecule has 1 aromatic carbocycles. The van der Waals surface area contributed by atoms with Crippen molar-refractivity contribution in [2.75, 3.05) is 13.2 Å². The van der Waals surface area contributed by atoms with Crippen molar-refractivity contribution >= 4 is 0 Å². The Morgan fingerprint density at radius 2 is 1.59 bits per heavy atom. The number of hydrogen-bond donors (Lipinski definition) is 2. The molecular weight excluding hydrogens is 220 g/mol. The van der Waals surface area contributed by atoms with Gasteiger partial charge in [0.1, 0.15) is 11.9 Å². The van der Waals surface area contributed by atoms with Crippen molar-refractivity contribution < 1.29 is 19.7 Å². The first kappa shape index (κ1) is 14.0. The first-order chi connectivity index (χ1) is 8.17. The van der Waals surface area contributed by atoms with Crippen molar-refractivity contribution in [2.45, 2.75) is 32.7 Å². The highest BCUT2D eigenvalue weighted by molar-refractivity contribution is 5.26. The Hall–Kier alpha value is -1.10. The molecule has 0 aliphatic carbocycles. The Morgan fingerprint density at radius 1 is 1.06 bits per heavy atom. The molecule has 0 aliphatic heterocycles. The predicted molar refractivity (Wildman–Crippen MR) is 64.9 cm³/mol. The van der Waals surface area contributed by atoms with E-state index in [-0.39, 0.29) is 5.75 Å². The van der Waals surface area contributed by atoms with Gasteiger partial charge >= 0.3 is 0 Å². The average molecular weight is 240 g/mol. The zero-order valence-corrected chi connectivity index (χ0v) is 10.3. The van der Waals surface area contributed by atoms with E-state index in [0.29, 0.717) is 19.6 Å². The molecule has 0 aliphatic rings. The van der Waals surface area contributed by atoms with Crippen LogP contribution in [0.2, 0.25) is 0 Å². The summed E-state index contributed by atoms with van der Waals surface area (Å²) >= 11 is 0. The fourth-order valence-corrected chi connectivity index (χ4v) is 1.57. The third-order valence-electron chi connectivity index (χ3n) is 2.36. The molecule has 0 saturated heterocycles. The van der Waals surface area contributed by atoms with Gasteiger partial charge in [-0.05, 0) is 31.5 Å². The van der Waals surface area contributed by atoms with Crippen LogP contribution in [0.25, 0.3) is 0 Å². The lowest BCUT2D eigenvalue weighted by molar-refractivity contribution is -0.188. The maximum Gasteiger partial charge on any atom is 0.183 e. The van der Waals surface area contributed by atoms with Crippen molar-refractivity contribution in [3.63, 3.8) is 0 Å². The summed E-state index contributed by atoms with van der Waals surface area (Å²) in [5.74, 6) is 0.217. The van der Waals surface area contributed by atoms with Crippen LogP contribution in [0.3, 0.4) is 0 Å². The molecule has 0 amide bonds. The van der Waals surface area contributed by atoms with Crippen LogP contribution in [0.1, 0.15) is 19.4 Å². The SMILES string of the molecule is CCOC(OCC)C(O)Cc1ccc(O)cc1. The second-order valence-corrected chi connectivity index (χ2v) is 3.72. The number of aliphatic hydroxyl groups is 1. The lowest BCUT2D eigenvalue weighted by atomic mass is 10.1. The molecule has 0 bridgehead atoms. The quantitative estimate of drug-likeness (QED) is 0.712. The molecule has 0 saturated carbocycles. The van der Waals surface area contributed by atoms with Gasteiger partial charge in [0.05, 0.1) is 0 Å². The average Bonchev–Trinajstić information content (AvgIpc) is 2.32. The van der Waals surface area contributed by atoms with Crippen molar-refractivity contribution in [1.29, 1.82) is 0 Å². The zero-order chi connectivity index (χ0) is 12.7. The summed E-state index contributed by atoms with van der Waals surface area (Å²) in [7, 11) is 0. The number of rotatable bonds is 7. The van der Waals surface area contributed by atoms with Crippen LogP contribution in [0.15, 0.2) is 24.3 Å². The number of phenolic OH excluding ortho intramolecular Hbond substituents is 1. The van der Waals surface area contributed by atoms with Gasteiger partial charge in [-0.15, -0.1) is 0 Å². The summed E-state index contributed by atoms with van der Waals surface area (Å²) in [6, 6.07) is 6.73. The summed E-state index contributed by atoms with van der Waals surface area (Å²) in [4.78, 5) is 0. The minimum Gasteiger partial charge on any atom is -0.508 e. The molecule has 1 atom stereocenters. The summed E-state index contributed by atoms with van der Waals surface area (Å²) in [5.41, 5.74) is 0.930. The van der Waals surface area contributed by atoms with Gasteiger partial charge in [-0.25, -0.2) is 0 Å². The second-order valence-electron chi connectivity index (χ2n) is 3.72. The maximum atomic E-state index is 9.98. The van der Waals surface area contributed by atoms with Crippen molar-refractivity contribution in [1.82, 2.24) is 0 Å². The maximum absolute atomic E-state index is 9.98. The van der Waals surface area contributed by atoms with Crippen LogP contribution in [-0.4, -0.2) is 35.8 Å². The van der Waals surface area contributed by atoms with Gasteiger partial charge < -0.3 is 19.7 Å². The smallest absolute Gasteiger partial charge is 0.183 e. The monoisotopic (exact) mass is 240 g/mol. The van der Waals surface area contributed by atoms with E-state index in [1.807, 2.05) is 13.8 Å². The molecule has 0 heterocycles. The highest BCUT2D eigenvalue weighted by Crippen LogP contribution is 2.14. The van der Waals surface area contributed by atoms with Gasteiger partial charge in [0.2, 0.25) is 0 Å². The molecule has 17 heavy (non-hydrogen) atoms. The van der Waals surface area contributed by atoms with E-state index in [9.17, 15) is 5.11 Å². The molecular formula is C13H20O4. The third-order valence-corrected chi connectivity index (χ3v) is 2.36. The number of aromatic hydroxyl groups is 1. The molecule has 1 aromatic rings. The Bertz CT molecular complexity index is 304. The van der Waals surface area contributed by atoms with Crippen molar-refractivity contribution in [3.8, 4) is 5.75 Å². The summed E-state index contributed by atoms with van der Waals surface area (Å²) in [6.07, 6.45) is -0.872. The van der Waals surface area contributed by atoms with Crippen LogP contribution in [0.5, 0.6) is 5.75 Å². The van der Waals surface area contributed by atoms with E-state index in [1.54, 1.807) is 24.3 Å². The van der Waals surface area contributed by atoms with Gasteiger partial charge in [0.15, 0.2) is 6.29 Å². The second kappa shape index (κ2) is 7.27. The molecule has 2 N–H and O–H groups in total. The fourth-order valence-electron chi connectivity index (χ4n) is 1.57. The lowest BCUT2D eigenvalue weighted by Crippen LogP contribution is -2.33. The highest BCUT2D eigenvalue weighted by Gasteiger charge is 2.19. The minimum absolute atomic E-state index is 0.217. The molecule has 1 rings (SSSR count). The number of aliphatic hydroxyl groups excluding tert-OH is 1. The normalized spacial score (nSPS) is 12.9. The van der Waals surface area contributed by atoms with Crippen LogP contribution >= 0.6 is 0 Å². The van der Waals surface area contributed by atoms with Gasteiger partial charge in [-0.1, -0.05) is 12.1 Å². The number of hydrogen-bond acceptors (Lipinski definition) is 4. The predicted octanol–water partition coefficient (Wildman–Crippen LogP) is 1.69. The van der Waals surface area contributed by atoms with E-state index in [0.717, 1.165) is 5.56 Å². The number of phenols is 1. The summed E-state index contributed by atoms with van der Waals surface area (Å²) in [6.45, 7) is 4.72. The van der Waals surface area contributed by atoms with Crippen molar-refractivity contribution in [3.05, 3.63) is 29.8 Å². The van der Waals surface area contributed by atoms with Gasteiger partial charge in [0.25, 0.3) is 0 Å². The Kier molecular flexibility index (Phi) is 5.97. The highest BCUT2D eigenvalue weighted by atomic mass is 16.7. The molecule has 4 nitrogen and oxygen atoms in total. The van der Waals surface area contributed by atoms with Crippen LogP contribution in [0.4, 0.5) is 0 Å². The molecule has 0 aromatic heterocycles. The van der Waals surface area contributed by atoms with Crippen molar-refractivity contribution in [2.24, 2.45) is 0 Å². The summed E-state index contributed by atoms with van der Waals surface area (Å²) in [5, 5.41) is 19.1. The van der Waals surface area contributed by atoms with Crippen LogP contribution in [0, 0.1) is 0 Å². The fraction of sp³-hybridized carbons (Fsp3) is 0.538. The van der Waals surface area contributed by atoms with Crippen LogP contribution in [-0.2, 0) is 15.9 Å². The third kappa shape index (κ3) is 4.73. The topological polar surface area (TPSA) is 58.9 Å². The number of ether oxygens (including phenoxy) is 2. The first-order valence-corrected chi connectivity index (χ1v) is 5.86. The molecule has 4 heteroatoms. The molecule has 1 unspecified atom stereocenters. The molecule has 96 valence electrons. The van der Waals surface area contributed by atoms with Crippen LogP contribution < -0.4 is 0 Å². The molecule has 0 radical (unpaired) electrons. The Morgan fingerprint density at radius 3 is 2.06 bits per heavy atom. The van der Waals surface area contributed by atoms with E-state index in [4.69, 9.17) is 14.6 Å². The lowest BCUT2D eigenvalue weighted by Gasteiger charge is -2.22. The van der Waals surface area contributed by atoms with E-state index >= 15 is 0 Å². The minimum atomic E-state index is -0.709. The molecule has 0 fully saturated rings.